The number of aryl methyl sites for hydroxylation is 2. The van der Waals surface area contributed by atoms with E-state index < -0.39 is 0 Å². The van der Waals surface area contributed by atoms with Gasteiger partial charge in [-0.05, 0) is 82.9 Å². The van der Waals surface area contributed by atoms with Crippen molar-refractivity contribution in [3.63, 3.8) is 0 Å². The van der Waals surface area contributed by atoms with Crippen LogP contribution in [0.1, 0.15) is 22.3 Å². The Morgan fingerprint density at radius 2 is 1.73 bits per heavy atom. The Labute approximate surface area is 242 Å². The molecule has 1 aliphatic heterocycles. The summed E-state index contributed by atoms with van der Waals surface area (Å²) in [4.78, 5) is 27.1. The zero-order chi connectivity index (χ0) is 28.2. The summed E-state index contributed by atoms with van der Waals surface area (Å²) in [6.45, 7) is 4.60. The van der Waals surface area contributed by atoms with Crippen molar-refractivity contribution in [2.24, 2.45) is 0 Å². The average Bonchev–Trinajstić information content (AvgIpc) is 3.21. The van der Waals surface area contributed by atoms with Gasteiger partial charge in [0.05, 0.1) is 23.6 Å². The lowest BCUT2D eigenvalue weighted by Crippen LogP contribution is -2.32. The van der Waals surface area contributed by atoms with E-state index in [4.69, 9.17) is 25.8 Å². The predicted molar refractivity (Wildman–Crippen MR) is 160 cm³/mol. The van der Waals surface area contributed by atoms with Gasteiger partial charge in [0.1, 0.15) is 19.0 Å². The summed E-state index contributed by atoms with van der Waals surface area (Å²) >= 11 is 7.50. The predicted octanol–water partition coefficient (Wildman–Crippen LogP) is 7.81. The second kappa shape index (κ2) is 12.1. The van der Waals surface area contributed by atoms with Crippen molar-refractivity contribution in [1.29, 1.82) is 0 Å². The summed E-state index contributed by atoms with van der Waals surface area (Å²) in [6, 6.07) is 23.5. The molecule has 0 unspecified atom stereocenters. The summed E-state index contributed by atoms with van der Waals surface area (Å²) in [7, 11) is 1.53. The van der Waals surface area contributed by atoms with E-state index >= 15 is 0 Å². The van der Waals surface area contributed by atoms with Gasteiger partial charge < -0.3 is 14.2 Å². The minimum Gasteiger partial charge on any atom is -0.493 e. The third-order valence-electron chi connectivity index (χ3n) is 6.59. The highest BCUT2D eigenvalue weighted by Crippen LogP contribution is 2.39. The van der Waals surface area contributed by atoms with E-state index in [1.165, 1.54) is 12.0 Å². The molecule has 1 fully saturated rings. The molecule has 2 amide bonds. The van der Waals surface area contributed by atoms with Gasteiger partial charge in [-0.1, -0.05) is 66.2 Å². The number of fused-ring (bicyclic) bond motifs is 1. The maximum absolute atomic E-state index is 13.0. The number of ether oxygens (including phenoxy) is 3. The number of benzene rings is 4. The molecular formula is C32H28ClNO5S. The van der Waals surface area contributed by atoms with E-state index in [0.717, 1.165) is 45.0 Å². The van der Waals surface area contributed by atoms with Crippen LogP contribution in [-0.4, -0.2) is 36.3 Å². The number of imide groups is 1. The van der Waals surface area contributed by atoms with Crippen LogP contribution in [0.2, 0.25) is 5.02 Å². The normalized spacial score (nSPS) is 14.3. The Morgan fingerprint density at radius 3 is 2.55 bits per heavy atom. The molecule has 8 heteroatoms. The van der Waals surface area contributed by atoms with Crippen LogP contribution in [0.4, 0.5) is 4.79 Å². The third kappa shape index (κ3) is 5.96. The second-order valence-electron chi connectivity index (χ2n) is 9.41. The monoisotopic (exact) mass is 573 g/mol. The third-order valence-corrected chi connectivity index (χ3v) is 7.78. The number of rotatable bonds is 9. The van der Waals surface area contributed by atoms with Crippen LogP contribution in [0, 0.1) is 13.8 Å². The Hall–Kier alpha value is -3.94. The van der Waals surface area contributed by atoms with Gasteiger partial charge in [-0.25, -0.2) is 0 Å². The number of hydrogen-bond donors (Lipinski definition) is 0. The highest BCUT2D eigenvalue weighted by Gasteiger charge is 2.35. The van der Waals surface area contributed by atoms with Crippen LogP contribution < -0.4 is 14.2 Å². The molecule has 1 heterocycles. The molecule has 204 valence electrons. The van der Waals surface area contributed by atoms with E-state index in [9.17, 15) is 9.59 Å². The number of halogens is 1. The summed E-state index contributed by atoms with van der Waals surface area (Å²) in [5.41, 5.74) is 3.72. The first-order valence-electron chi connectivity index (χ1n) is 12.8. The van der Waals surface area contributed by atoms with Crippen LogP contribution >= 0.6 is 23.4 Å². The van der Waals surface area contributed by atoms with Gasteiger partial charge in [-0.15, -0.1) is 0 Å². The Kier molecular flexibility index (Phi) is 8.33. The molecule has 0 aromatic heterocycles. The SMILES string of the molecule is COc1cc(/C=C2\SC(=O)N(CCOc3cc(C)ccc3C)C2=O)cc(Cl)c1OCc1cccc2ccccc12. The van der Waals surface area contributed by atoms with Gasteiger partial charge in [-0.2, -0.15) is 0 Å². The van der Waals surface area contributed by atoms with E-state index in [-0.39, 0.29) is 24.3 Å². The summed E-state index contributed by atoms with van der Waals surface area (Å²) in [6.07, 6.45) is 1.64. The number of methoxy groups -OCH3 is 1. The molecule has 4 aromatic carbocycles. The van der Waals surface area contributed by atoms with Crippen LogP contribution in [-0.2, 0) is 11.4 Å². The molecule has 5 rings (SSSR count). The van der Waals surface area contributed by atoms with Gasteiger partial charge in [0, 0.05) is 0 Å². The fourth-order valence-corrected chi connectivity index (χ4v) is 5.62. The fourth-order valence-electron chi connectivity index (χ4n) is 4.49. The number of nitrogens with zero attached hydrogens (tertiary/aromatic N) is 1. The standard InChI is InChI=1S/C32H28ClNO5S/c1-20-11-12-21(2)27(15-20)38-14-13-34-31(35)29(40-32(34)36)18-22-16-26(33)30(28(17-22)37-3)39-19-24-9-6-8-23-7-4-5-10-25(23)24/h4-12,15-18H,13-14,19H2,1-3H3/b29-18-. The van der Waals surface area contributed by atoms with Crippen molar-refractivity contribution >= 4 is 51.4 Å². The van der Waals surface area contributed by atoms with Crippen molar-refractivity contribution in [2.75, 3.05) is 20.3 Å². The first-order valence-corrected chi connectivity index (χ1v) is 14.0. The number of hydrogen-bond acceptors (Lipinski definition) is 6. The van der Waals surface area contributed by atoms with Crippen molar-refractivity contribution < 1.29 is 23.8 Å². The minimum absolute atomic E-state index is 0.153. The summed E-state index contributed by atoms with van der Waals surface area (Å²) < 4.78 is 17.5. The van der Waals surface area contributed by atoms with Crippen LogP contribution in [0.3, 0.4) is 0 Å². The van der Waals surface area contributed by atoms with Gasteiger partial charge >= 0.3 is 0 Å². The van der Waals surface area contributed by atoms with Gasteiger partial charge in [0.15, 0.2) is 11.5 Å². The first kappa shape index (κ1) is 27.6. The molecular weight excluding hydrogens is 546 g/mol. The molecule has 0 bridgehead atoms. The van der Waals surface area contributed by atoms with Crippen molar-refractivity contribution in [2.45, 2.75) is 20.5 Å². The molecule has 0 spiro atoms. The van der Waals surface area contributed by atoms with E-state index in [2.05, 4.69) is 18.2 Å². The van der Waals surface area contributed by atoms with Crippen LogP contribution in [0.5, 0.6) is 17.2 Å². The molecule has 0 atom stereocenters. The second-order valence-corrected chi connectivity index (χ2v) is 10.8. The molecule has 0 radical (unpaired) electrons. The Morgan fingerprint density at radius 1 is 0.925 bits per heavy atom. The lowest BCUT2D eigenvalue weighted by molar-refractivity contribution is -0.123. The largest absolute Gasteiger partial charge is 0.493 e. The van der Waals surface area contributed by atoms with E-state index in [0.29, 0.717) is 33.6 Å². The lowest BCUT2D eigenvalue weighted by Gasteiger charge is -2.15. The summed E-state index contributed by atoms with van der Waals surface area (Å²) in [5, 5.41) is 2.23. The molecule has 4 aromatic rings. The number of thioether (sulfide) groups is 1. The molecule has 0 N–H and O–H groups in total. The topological polar surface area (TPSA) is 65.1 Å². The highest BCUT2D eigenvalue weighted by molar-refractivity contribution is 8.18. The minimum atomic E-state index is -0.370. The van der Waals surface area contributed by atoms with E-state index in [1.54, 1.807) is 18.2 Å². The van der Waals surface area contributed by atoms with Crippen molar-refractivity contribution in [3.8, 4) is 17.2 Å². The first-order chi connectivity index (χ1) is 19.3. The Balaban J connectivity index is 1.28. The lowest BCUT2D eigenvalue weighted by atomic mass is 10.1. The maximum Gasteiger partial charge on any atom is 0.293 e. The number of carbonyl (C=O) groups is 2. The van der Waals surface area contributed by atoms with Crippen molar-refractivity contribution in [1.82, 2.24) is 4.90 Å². The Bertz CT molecular complexity index is 1630. The molecule has 40 heavy (non-hydrogen) atoms. The van der Waals surface area contributed by atoms with Gasteiger partial charge in [0.2, 0.25) is 0 Å². The van der Waals surface area contributed by atoms with Gasteiger partial charge in [-0.3, -0.25) is 14.5 Å². The number of carbonyl (C=O) groups excluding carboxylic acids is 2. The molecule has 0 saturated carbocycles. The molecule has 0 aliphatic carbocycles. The summed E-state index contributed by atoms with van der Waals surface area (Å²) in [5.74, 6) is 1.21. The fraction of sp³-hybridized carbons (Fsp3) is 0.188. The molecule has 1 saturated heterocycles. The number of amides is 2. The van der Waals surface area contributed by atoms with Crippen LogP contribution in [0.25, 0.3) is 16.8 Å². The smallest absolute Gasteiger partial charge is 0.293 e. The van der Waals surface area contributed by atoms with Gasteiger partial charge in [0.25, 0.3) is 11.1 Å². The average molecular weight is 574 g/mol. The quantitative estimate of drug-likeness (QED) is 0.190. The van der Waals surface area contributed by atoms with Crippen molar-refractivity contribution in [3.05, 3.63) is 105 Å². The zero-order valence-electron chi connectivity index (χ0n) is 22.4. The highest BCUT2D eigenvalue weighted by atomic mass is 35.5. The van der Waals surface area contributed by atoms with E-state index in [1.807, 2.05) is 56.3 Å². The van der Waals surface area contributed by atoms with Crippen LogP contribution in [0.15, 0.2) is 77.7 Å². The molecule has 6 nitrogen and oxygen atoms in total. The maximum atomic E-state index is 13.0. The zero-order valence-corrected chi connectivity index (χ0v) is 24.0. The molecule has 1 aliphatic rings.